The van der Waals surface area contributed by atoms with Gasteiger partial charge in [-0.15, -0.1) is 0 Å². The van der Waals surface area contributed by atoms with Crippen LogP contribution in [0.25, 0.3) is 22.6 Å². The van der Waals surface area contributed by atoms with Crippen molar-refractivity contribution in [2.45, 2.75) is 44.4 Å². The molecule has 12 heteroatoms. The summed E-state index contributed by atoms with van der Waals surface area (Å²) in [6.07, 6.45) is -1.61. The van der Waals surface area contributed by atoms with E-state index in [1.54, 1.807) is 50.2 Å². The molecule has 0 aliphatic carbocycles. The van der Waals surface area contributed by atoms with Crippen molar-refractivity contribution in [2.24, 2.45) is 0 Å². The van der Waals surface area contributed by atoms with Gasteiger partial charge in [-0.25, -0.2) is 18.1 Å². The Morgan fingerprint density at radius 2 is 1.83 bits per heavy atom. The number of hydrogen-bond acceptors (Lipinski definition) is 7. The molecule has 0 fully saturated rings. The monoisotopic (exact) mass is 520 g/mol. The van der Waals surface area contributed by atoms with E-state index in [0.29, 0.717) is 33.5 Å². The second-order valence-corrected chi connectivity index (χ2v) is 9.83. The molecule has 1 atom stereocenters. The van der Waals surface area contributed by atoms with E-state index < -0.39 is 22.2 Å². The van der Waals surface area contributed by atoms with Crippen LogP contribution in [0.4, 0.5) is 19.1 Å². The predicted octanol–water partition coefficient (Wildman–Crippen LogP) is 5.45. The Bertz CT molecular complexity index is 1470. The molecule has 0 radical (unpaired) electrons. The first-order valence-corrected chi connectivity index (χ1v) is 12.3. The quantitative estimate of drug-likeness (QED) is 0.318. The van der Waals surface area contributed by atoms with Gasteiger partial charge < -0.3 is 14.3 Å². The minimum absolute atomic E-state index is 0.0116. The highest BCUT2D eigenvalue weighted by atomic mass is 32.2. The lowest BCUT2D eigenvalue weighted by atomic mass is 9.97. The first-order chi connectivity index (χ1) is 17.0. The first kappa shape index (κ1) is 25.5. The molecular formula is C24H23F3N4O4S. The number of rotatable bonds is 8. The zero-order chi connectivity index (χ0) is 26.1. The fraction of sp³-hybridized carbons (Fsp3) is 0.250. The molecule has 8 nitrogen and oxygen atoms in total. The van der Waals surface area contributed by atoms with Crippen molar-refractivity contribution in [3.63, 3.8) is 0 Å². The molecule has 190 valence electrons. The number of nitrogens with zero attached hydrogens (tertiary/aromatic N) is 2. The molecule has 0 spiro atoms. The molecule has 0 saturated carbocycles. The number of hydrogen-bond donors (Lipinski definition) is 2. The second kappa shape index (κ2) is 9.78. The van der Waals surface area contributed by atoms with Gasteiger partial charge in [0.05, 0.1) is 16.8 Å². The Kier molecular flexibility index (Phi) is 6.92. The maximum Gasteiger partial charge on any atom is 0.403 e. The average molecular weight is 521 g/mol. The molecule has 2 heterocycles. The van der Waals surface area contributed by atoms with Crippen molar-refractivity contribution >= 4 is 15.9 Å². The lowest BCUT2D eigenvalue weighted by molar-refractivity contribution is -0.151. The van der Waals surface area contributed by atoms with Crippen LogP contribution in [0.3, 0.4) is 0 Å². The molecule has 0 bridgehead atoms. The molecule has 4 aromatic rings. The number of aryl methyl sites for hydroxylation is 1. The van der Waals surface area contributed by atoms with Gasteiger partial charge in [0.25, 0.3) is 10.0 Å². The SMILES string of the molecule is Cc1noc(NS(=O)(=O)c2ccccc2-c2ccc(-c3ncco3)cc2CNC(C)C(F)(F)F)c1C. The molecule has 2 aromatic heterocycles. The van der Waals surface area contributed by atoms with E-state index in [-0.39, 0.29) is 23.2 Å². The molecule has 0 saturated heterocycles. The van der Waals surface area contributed by atoms with Gasteiger partial charge in [-0.3, -0.25) is 0 Å². The minimum atomic E-state index is -4.45. The van der Waals surface area contributed by atoms with Crippen LogP contribution in [0.5, 0.6) is 0 Å². The van der Waals surface area contributed by atoms with Crippen molar-refractivity contribution in [2.75, 3.05) is 4.72 Å². The van der Waals surface area contributed by atoms with Gasteiger partial charge in [0.2, 0.25) is 11.8 Å². The summed E-state index contributed by atoms with van der Waals surface area (Å²) in [7, 11) is -4.14. The van der Waals surface area contributed by atoms with Crippen LogP contribution in [-0.4, -0.2) is 30.8 Å². The molecule has 36 heavy (non-hydrogen) atoms. The van der Waals surface area contributed by atoms with E-state index in [0.717, 1.165) is 6.92 Å². The summed E-state index contributed by atoms with van der Waals surface area (Å²) in [5, 5.41) is 6.23. The van der Waals surface area contributed by atoms with Crippen LogP contribution in [0.1, 0.15) is 23.7 Å². The number of benzene rings is 2. The molecular weight excluding hydrogens is 497 g/mol. The zero-order valence-corrected chi connectivity index (χ0v) is 20.4. The van der Waals surface area contributed by atoms with Gasteiger partial charge in [0.1, 0.15) is 12.3 Å². The van der Waals surface area contributed by atoms with Crippen molar-refractivity contribution in [3.8, 4) is 22.6 Å². The summed E-state index contributed by atoms with van der Waals surface area (Å²) in [4.78, 5) is 4.01. The fourth-order valence-electron chi connectivity index (χ4n) is 3.49. The third kappa shape index (κ3) is 5.29. The number of aromatic nitrogens is 2. The number of sulfonamides is 1. The van der Waals surface area contributed by atoms with Crippen LogP contribution >= 0.6 is 0 Å². The molecule has 0 aliphatic heterocycles. The Morgan fingerprint density at radius 1 is 1.08 bits per heavy atom. The Balaban J connectivity index is 1.78. The van der Waals surface area contributed by atoms with E-state index in [9.17, 15) is 21.6 Å². The summed E-state index contributed by atoms with van der Waals surface area (Å²) in [6, 6.07) is 9.34. The van der Waals surface area contributed by atoms with Crippen molar-refractivity contribution in [3.05, 3.63) is 71.7 Å². The van der Waals surface area contributed by atoms with Crippen LogP contribution < -0.4 is 10.0 Å². The van der Waals surface area contributed by atoms with E-state index in [2.05, 4.69) is 20.2 Å². The Hall–Kier alpha value is -3.64. The van der Waals surface area contributed by atoms with Crippen LogP contribution in [-0.2, 0) is 16.6 Å². The molecule has 4 rings (SSSR count). The largest absolute Gasteiger partial charge is 0.445 e. The van der Waals surface area contributed by atoms with Crippen molar-refractivity contribution < 1.29 is 30.5 Å². The smallest absolute Gasteiger partial charge is 0.403 e. The summed E-state index contributed by atoms with van der Waals surface area (Å²) < 4.78 is 79.0. The van der Waals surface area contributed by atoms with E-state index >= 15 is 0 Å². The molecule has 2 N–H and O–H groups in total. The number of halogens is 3. The number of oxazole rings is 1. The Labute approximate surface area is 205 Å². The maximum atomic E-state index is 13.3. The zero-order valence-electron chi connectivity index (χ0n) is 19.6. The number of alkyl halides is 3. The van der Waals surface area contributed by atoms with Crippen LogP contribution in [0.15, 0.2) is 68.8 Å². The second-order valence-electron chi connectivity index (χ2n) is 8.18. The van der Waals surface area contributed by atoms with Crippen molar-refractivity contribution in [1.29, 1.82) is 0 Å². The van der Waals surface area contributed by atoms with Crippen LogP contribution in [0, 0.1) is 13.8 Å². The van der Waals surface area contributed by atoms with Gasteiger partial charge in [-0.05, 0) is 50.1 Å². The topological polar surface area (TPSA) is 110 Å². The third-order valence-corrected chi connectivity index (χ3v) is 7.11. The molecule has 1 unspecified atom stereocenters. The lowest BCUT2D eigenvalue weighted by Crippen LogP contribution is -2.39. The molecule has 0 aliphatic rings. The third-order valence-electron chi connectivity index (χ3n) is 5.73. The lowest BCUT2D eigenvalue weighted by Gasteiger charge is -2.20. The summed E-state index contributed by atoms with van der Waals surface area (Å²) in [5.74, 6) is 0.271. The first-order valence-electron chi connectivity index (χ1n) is 10.9. The number of anilines is 1. The van der Waals surface area contributed by atoms with Gasteiger partial charge in [-0.2, -0.15) is 13.2 Å². The van der Waals surface area contributed by atoms with E-state index in [4.69, 9.17) is 8.94 Å². The van der Waals surface area contributed by atoms with Crippen LogP contribution in [0.2, 0.25) is 0 Å². The summed E-state index contributed by atoms with van der Waals surface area (Å²) in [6.45, 7) is 4.18. The van der Waals surface area contributed by atoms with Gasteiger partial charge in [0, 0.05) is 23.2 Å². The fourth-order valence-corrected chi connectivity index (χ4v) is 4.76. The standard InChI is InChI=1S/C24H23F3N4O4S/c1-14-15(2)30-35-22(14)31-36(32,33)21-7-5-4-6-20(21)19-9-8-17(23-28-10-11-34-23)12-18(19)13-29-16(3)24(25,26)27/h4-12,16,29,31H,13H2,1-3H3. The maximum absolute atomic E-state index is 13.3. The van der Waals surface area contributed by atoms with Gasteiger partial charge in [0.15, 0.2) is 0 Å². The Morgan fingerprint density at radius 3 is 2.47 bits per heavy atom. The molecule has 0 amide bonds. The van der Waals surface area contributed by atoms with Gasteiger partial charge in [-0.1, -0.05) is 29.4 Å². The average Bonchev–Trinajstić information content (AvgIpc) is 3.48. The highest BCUT2D eigenvalue weighted by Crippen LogP contribution is 2.34. The number of nitrogens with one attached hydrogen (secondary N) is 2. The summed E-state index contributed by atoms with van der Waals surface area (Å²) in [5.41, 5.74) is 2.77. The minimum Gasteiger partial charge on any atom is -0.445 e. The molecule has 2 aromatic carbocycles. The predicted molar refractivity (Wildman–Crippen MR) is 127 cm³/mol. The van der Waals surface area contributed by atoms with Gasteiger partial charge >= 0.3 is 6.18 Å². The highest BCUT2D eigenvalue weighted by Gasteiger charge is 2.35. The highest BCUT2D eigenvalue weighted by molar-refractivity contribution is 7.92. The van der Waals surface area contributed by atoms with Crippen molar-refractivity contribution in [1.82, 2.24) is 15.5 Å². The summed E-state index contributed by atoms with van der Waals surface area (Å²) >= 11 is 0. The normalized spacial score (nSPS) is 13.1. The van der Waals surface area contributed by atoms with E-state index in [1.807, 2.05) is 0 Å². The van der Waals surface area contributed by atoms with E-state index in [1.165, 1.54) is 18.5 Å².